The second-order valence-electron chi connectivity index (χ2n) is 5.09. The number of anilines is 1. The molecule has 0 spiro atoms. The summed E-state index contributed by atoms with van der Waals surface area (Å²) in [6.07, 6.45) is 0. The van der Waals surface area contributed by atoms with Gasteiger partial charge in [-0.15, -0.1) is 0 Å². The third-order valence-corrected chi connectivity index (χ3v) is 3.26. The zero-order chi connectivity index (χ0) is 20.8. The number of esters is 1. The summed E-state index contributed by atoms with van der Waals surface area (Å²) in [5, 5.41) is 1.91. The van der Waals surface area contributed by atoms with E-state index in [0.717, 1.165) is 31.4 Å². The first kappa shape index (κ1) is 20.9. The fourth-order valence-corrected chi connectivity index (χ4v) is 2.01. The predicted octanol–water partition coefficient (Wildman–Crippen LogP) is 3.51. The molecule has 0 bridgehead atoms. The Morgan fingerprint density at radius 3 is 2.39 bits per heavy atom. The van der Waals surface area contributed by atoms with Crippen LogP contribution < -0.4 is 14.8 Å². The number of benzene rings is 2. The van der Waals surface area contributed by atoms with E-state index in [1.165, 1.54) is 0 Å². The molecule has 0 radical (unpaired) electrons. The summed E-state index contributed by atoms with van der Waals surface area (Å²) in [6.45, 7) is -3.98. The van der Waals surface area contributed by atoms with E-state index in [0.29, 0.717) is 6.07 Å². The van der Waals surface area contributed by atoms with Crippen molar-refractivity contribution in [3.05, 3.63) is 53.3 Å². The van der Waals surface area contributed by atoms with E-state index >= 15 is 0 Å². The lowest BCUT2D eigenvalue weighted by Crippen LogP contribution is -2.21. The average molecular weight is 405 g/mol. The van der Waals surface area contributed by atoms with Crippen molar-refractivity contribution < 1.29 is 45.8 Å². The number of hydrogen-bond donors (Lipinski definition) is 1. The molecule has 0 saturated heterocycles. The van der Waals surface area contributed by atoms with Gasteiger partial charge in [0.25, 0.3) is 5.91 Å². The van der Waals surface area contributed by atoms with E-state index in [4.69, 9.17) is 9.47 Å². The molecule has 0 heterocycles. The molecule has 0 aliphatic heterocycles. The molecular weight excluding hydrogens is 393 g/mol. The highest BCUT2D eigenvalue weighted by Crippen LogP contribution is 2.29. The Morgan fingerprint density at radius 2 is 1.75 bits per heavy atom. The van der Waals surface area contributed by atoms with E-state index in [9.17, 15) is 31.5 Å². The SMILES string of the molecule is COc1cc(C(=O)OCC(=O)Nc2ccc(F)c(F)c2F)ccc1OC(F)F. The number of alkyl halides is 2. The molecule has 2 aromatic carbocycles. The first-order valence-electron chi connectivity index (χ1n) is 7.46. The van der Waals surface area contributed by atoms with Crippen LogP contribution in [-0.4, -0.2) is 32.2 Å². The van der Waals surface area contributed by atoms with Gasteiger partial charge in [-0.25, -0.2) is 18.0 Å². The number of ether oxygens (including phenoxy) is 3. The lowest BCUT2D eigenvalue weighted by Gasteiger charge is -2.11. The fourth-order valence-electron chi connectivity index (χ4n) is 2.01. The maximum atomic E-state index is 13.5. The van der Waals surface area contributed by atoms with Crippen LogP contribution in [-0.2, 0) is 9.53 Å². The fraction of sp³-hybridized carbons (Fsp3) is 0.176. The van der Waals surface area contributed by atoms with Gasteiger partial charge in [0.2, 0.25) is 0 Å². The van der Waals surface area contributed by atoms with Crippen LogP contribution in [0.4, 0.5) is 27.6 Å². The van der Waals surface area contributed by atoms with E-state index < -0.39 is 48.2 Å². The van der Waals surface area contributed by atoms with Crippen molar-refractivity contribution in [3.8, 4) is 11.5 Å². The average Bonchev–Trinajstić information content (AvgIpc) is 2.66. The molecule has 0 atom stereocenters. The monoisotopic (exact) mass is 405 g/mol. The largest absolute Gasteiger partial charge is 0.493 e. The first-order chi connectivity index (χ1) is 13.2. The van der Waals surface area contributed by atoms with Crippen LogP contribution >= 0.6 is 0 Å². The van der Waals surface area contributed by atoms with Crippen LogP contribution in [0.5, 0.6) is 11.5 Å². The molecule has 28 heavy (non-hydrogen) atoms. The summed E-state index contributed by atoms with van der Waals surface area (Å²) < 4.78 is 77.7. The lowest BCUT2D eigenvalue weighted by molar-refractivity contribution is -0.119. The van der Waals surface area contributed by atoms with Gasteiger partial charge in [-0.1, -0.05) is 0 Å². The molecule has 11 heteroatoms. The summed E-state index contributed by atoms with van der Waals surface area (Å²) in [4.78, 5) is 23.6. The summed E-state index contributed by atoms with van der Waals surface area (Å²) in [6, 6.07) is 4.58. The van der Waals surface area contributed by atoms with Crippen LogP contribution in [0.1, 0.15) is 10.4 Å². The van der Waals surface area contributed by atoms with Gasteiger partial charge >= 0.3 is 12.6 Å². The number of amides is 1. The van der Waals surface area contributed by atoms with Gasteiger partial charge in [0.05, 0.1) is 18.4 Å². The Hall–Kier alpha value is -3.37. The molecule has 2 rings (SSSR count). The summed E-state index contributed by atoms with van der Waals surface area (Å²) in [5.41, 5.74) is -0.791. The zero-order valence-corrected chi connectivity index (χ0v) is 14.1. The molecule has 0 unspecified atom stereocenters. The van der Waals surface area contributed by atoms with Crippen LogP contribution in [0.3, 0.4) is 0 Å². The zero-order valence-electron chi connectivity index (χ0n) is 14.1. The first-order valence-corrected chi connectivity index (χ1v) is 7.46. The Balaban J connectivity index is 2.00. The number of carbonyl (C=O) groups is 2. The maximum absolute atomic E-state index is 13.5. The highest BCUT2D eigenvalue weighted by atomic mass is 19.3. The molecule has 1 N–H and O–H groups in total. The van der Waals surface area contributed by atoms with Crippen molar-refractivity contribution in [2.75, 3.05) is 19.0 Å². The molecule has 0 fully saturated rings. The predicted molar refractivity (Wildman–Crippen MR) is 84.9 cm³/mol. The molecule has 0 aromatic heterocycles. The van der Waals surface area contributed by atoms with Crippen molar-refractivity contribution >= 4 is 17.6 Å². The minimum atomic E-state index is -3.10. The minimum absolute atomic E-state index is 0.148. The van der Waals surface area contributed by atoms with Gasteiger partial charge in [0, 0.05) is 0 Å². The van der Waals surface area contributed by atoms with Crippen molar-refractivity contribution in [1.29, 1.82) is 0 Å². The maximum Gasteiger partial charge on any atom is 0.387 e. The van der Waals surface area contributed by atoms with E-state index in [1.54, 1.807) is 0 Å². The molecule has 0 aliphatic carbocycles. The summed E-state index contributed by atoms with van der Waals surface area (Å²) >= 11 is 0. The smallest absolute Gasteiger partial charge is 0.387 e. The highest BCUT2D eigenvalue weighted by molar-refractivity contribution is 5.95. The normalized spacial score (nSPS) is 10.5. The van der Waals surface area contributed by atoms with Gasteiger partial charge < -0.3 is 19.5 Å². The molecular formula is C17H12F5NO5. The minimum Gasteiger partial charge on any atom is -0.493 e. The molecule has 1 amide bonds. The van der Waals surface area contributed by atoms with Crippen molar-refractivity contribution in [2.45, 2.75) is 6.61 Å². The van der Waals surface area contributed by atoms with Crippen molar-refractivity contribution in [1.82, 2.24) is 0 Å². The number of halogens is 5. The van der Waals surface area contributed by atoms with Crippen LogP contribution in [0.25, 0.3) is 0 Å². The summed E-state index contributed by atoms with van der Waals surface area (Å²) in [5.74, 6) is -7.36. The Morgan fingerprint density at radius 1 is 1.04 bits per heavy atom. The third kappa shape index (κ3) is 5.09. The molecule has 2 aromatic rings. The highest BCUT2D eigenvalue weighted by Gasteiger charge is 2.18. The van der Waals surface area contributed by atoms with Crippen LogP contribution in [0.15, 0.2) is 30.3 Å². The van der Waals surface area contributed by atoms with Gasteiger partial charge in [-0.05, 0) is 30.3 Å². The molecule has 0 aliphatic rings. The van der Waals surface area contributed by atoms with Crippen LogP contribution in [0.2, 0.25) is 0 Å². The third-order valence-electron chi connectivity index (χ3n) is 3.26. The van der Waals surface area contributed by atoms with Gasteiger partial charge in [0.15, 0.2) is 35.6 Å². The van der Waals surface area contributed by atoms with E-state index in [-0.39, 0.29) is 17.1 Å². The van der Waals surface area contributed by atoms with E-state index in [1.807, 2.05) is 5.32 Å². The van der Waals surface area contributed by atoms with Gasteiger partial charge in [-0.3, -0.25) is 4.79 Å². The molecule has 150 valence electrons. The number of methoxy groups -OCH3 is 1. The Bertz CT molecular complexity index is 890. The number of hydrogen-bond acceptors (Lipinski definition) is 5. The van der Waals surface area contributed by atoms with Crippen molar-refractivity contribution in [3.63, 3.8) is 0 Å². The second-order valence-corrected chi connectivity index (χ2v) is 5.09. The number of rotatable bonds is 7. The van der Waals surface area contributed by atoms with Gasteiger partial charge in [-0.2, -0.15) is 8.78 Å². The Kier molecular flexibility index (Phi) is 6.74. The lowest BCUT2D eigenvalue weighted by atomic mass is 10.2. The standard InChI is InChI=1S/C17H12F5NO5/c1-26-12-6-8(2-5-11(12)28-17(21)22)16(25)27-7-13(24)23-10-4-3-9(18)14(19)15(10)20/h2-6,17H,7H2,1H3,(H,23,24). The number of nitrogens with one attached hydrogen (secondary N) is 1. The Labute approximate surface area is 154 Å². The van der Waals surface area contributed by atoms with Crippen molar-refractivity contribution in [2.24, 2.45) is 0 Å². The quantitative estimate of drug-likeness (QED) is 0.434. The van der Waals surface area contributed by atoms with E-state index in [2.05, 4.69) is 4.74 Å². The number of carbonyl (C=O) groups excluding carboxylic acids is 2. The van der Waals surface area contributed by atoms with Gasteiger partial charge in [0.1, 0.15) is 0 Å². The second kappa shape index (κ2) is 9.02. The summed E-state index contributed by atoms with van der Waals surface area (Å²) in [7, 11) is 1.16. The topological polar surface area (TPSA) is 73.9 Å². The molecule has 0 saturated carbocycles. The van der Waals surface area contributed by atoms with Crippen LogP contribution in [0, 0.1) is 17.5 Å². The molecule has 6 nitrogen and oxygen atoms in total.